The van der Waals surface area contributed by atoms with Crippen molar-refractivity contribution >= 4 is 33.0 Å². The number of rotatable bonds is 6. The molecule has 3 aromatic heterocycles. The van der Waals surface area contributed by atoms with E-state index in [1.807, 2.05) is 13.0 Å². The molecule has 0 aliphatic carbocycles. The number of aryl methyl sites for hydroxylation is 1. The molecule has 0 unspecified atom stereocenters. The smallest absolute Gasteiger partial charge is 0.291 e. The van der Waals surface area contributed by atoms with Gasteiger partial charge in [0.2, 0.25) is 5.91 Å². The molecule has 1 amide bonds. The topological polar surface area (TPSA) is 71.6 Å². The summed E-state index contributed by atoms with van der Waals surface area (Å²) in [7, 11) is 0. The summed E-state index contributed by atoms with van der Waals surface area (Å²) in [5.74, 6) is 1.32. The Morgan fingerprint density at radius 1 is 1.24 bits per heavy atom. The van der Waals surface area contributed by atoms with E-state index in [9.17, 15) is 9.59 Å². The van der Waals surface area contributed by atoms with Gasteiger partial charge in [0.1, 0.15) is 18.4 Å². The first-order chi connectivity index (χ1) is 13.9. The summed E-state index contributed by atoms with van der Waals surface area (Å²) in [5.41, 5.74) is 1.31. The molecule has 29 heavy (non-hydrogen) atoms. The summed E-state index contributed by atoms with van der Waals surface area (Å²) in [6, 6.07) is 3.93. The van der Waals surface area contributed by atoms with Crippen LogP contribution in [-0.4, -0.2) is 51.2 Å². The number of thiophene rings is 1. The maximum absolute atomic E-state index is 12.7. The van der Waals surface area contributed by atoms with Crippen molar-refractivity contribution in [2.24, 2.45) is 11.8 Å². The number of amides is 1. The fourth-order valence-corrected chi connectivity index (χ4v) is 5.48. The number of carbonyl (C=O) groups excluding carboxylic acids is 1. The first-order valence-corrected chi connectivity index (χ1v) is 11.2. The first-order valence-electron chi connectivity index (χ1n) is 10.4. The number of hydrogen-bond donors (Lipinski definition) is 1. The molecule has 0 spiro atoms. The maximum atomic E-state index is 12.7. The van der Waals surface area contributed by atoms with Crippen molar-refractivity contribution in [1.82, 2.24) is 24.4 Å². The van der Waals surface area contributed by atoms with E-state index in [4.69, 9.17) is 0 Å². The van der Waals surface area contributed by atoms with Crippen molar-refractivity contribution in [3.63, 3.8) is 0 Å². The molecule has 1 fully saturated rings. The van der Waals surface area contributed by atoms with Crippen molar-refractivity contribution in [2.45, 2.75) is 40.2 Å². The van der Waals surface area contributed by atoms with Gasteiger partial charge in [0, 0.05) is 24.5 Å². The summed E-state index contributed by atoms with van der Waals surface area (Å²) in [5, 5.41) is 7.13. The van der Waals surface area contributed by atoms with E-state index < -0.39 is 0 Å². The molecular weight excluding hydrogens is 386 g/mol. The molecule has 4 rings (SSSR count). The third kappa shape index (κ3) is 4.38. The van der Waals surface area contributed by atoms with Crippen LogP contribution in [0.25, 0.3) is 15.7 Å². The van der Waals surface area contributed by atoms with E-state index >= 15 is 0 Å². The van der Waals surface area contributed by atoms with Crippen LogP contribution in [0.3, 0.4) is 0 Å². The number of nitrogens with zero attached hydrogens (tertiary/aromatic N) is 4. The Morgan fingerprint density at radius 3 is 2.76 bits per heavy atom. The average Bonchev–Trinajstić information content (AvgIpc) is 3.17. The Labute approximate surface area is 174 Å². The zero-order chi connectivity index (χ0) is 20.5. The Bertz CT molecular complexity index is 1070. The molecule has 7 nitrogen and oxygen atoms in total. The van der Waals surface area contributed by atoms with Crippen LogP contribution in [0.4, 0.5) is 0 Å². The largest absolute Gasteiger partial charge is 0.354 e. The van der Waals surface area contributed by atoms with E-state index in [1.165, 1.54) is 16.0 Å². The van der Waals surface area contributed by atoms with Gasteiger partial charge >= 0.3 is 0 Å². The van der Waals surface area contributed by atoms with Crippen molar-refractivity contribution < 1.29 is 4.79 Å². The lowest BCUT2D eigenvalue weighted by atomic mass is 9.92. The second-order valence-electron chi connectivity index (χ2n) is 8.51. The van der Waals surface area contributed by atoms with Crippen LogP contribution in [0.15, 0.2) is 23.3 Å². The lowest BCUT2D eigenvalue weighted by Crippen LogP contribution is -2.40. The SMILES string of the molecule is Cc1cc2c(cc3c(=O)n(CC(=O)NCCCN4C[C@H](C)C[C@H](C)C4)ncn32)s1. The molecule has 3 aromatic rings. The Hall–Kier alpha value is -2.19. The molecule has 0 saturated carbocycles. The highest BCUT2D eigenvalue weighted by Gasteiger charge is 2.21. The summed E-state index contributed by atoms with van der Waals surface area (Å²) >= 11 is 1.65. The predicted octanol–water partition coefficient (Wildman–Crippen LogP) is 2.50. The van der Waals surface area contributed by atoms with Gasteiger partial charge in [0.25, 0.3) is 5.56 Å². The van der Waals surface area contributed by atoms with Crippen molar-refractivity contribution in [3.8, 4) is 0 Å². The highest BCUT2D eigenvalue weighted by atomic mass is 32.1. The van der Waals surface area contributed by atoms with Gasteiger partial charge < -0.3 is 10.2 Å². The number of piperidine rings is 1. The normalized spacial score (nSPS) is 20.5. The van der Waals surface area contributed by atoms with Crippen LogP contribution in [-0.2, 0) is 11.3 Å². The van der Waals surface area contributed by atoms with Gasteiger partial charge in [-0.2, -0.15) is 5.10 Å². The highest BCUT2D eigenvalue weighted by Crippen LogP contribution is 2.27. The molecular formula is C21H29N5O2S. The third-order valence-electron chi connectivity index (χ3n) is 5.62. The molecule has 0 radical (unpaired) electrons. The second-order valence-corrected chi connectivity index (χ2v) is 9.80. The lowest BCUT2D eigenvalue weighted by molar-refractivity contribution is -0.121. The number of carbonyl (C=O) groups is 1. The summed E-state index contributed by atoms with van der Waals surface area (Å²) in [4.78, 5) is 28.7. The minimum atomic E-state index is -0.236. The van der Waals surface area contributed by atoms with Crippen LogP contribution < -0.4 is 10.9 Å². The van der Waals surface area contributed by atoms with E-state index in [0.29, 0.717) is 12.1 Å². The van der Waals surface area contributed by atoms with Gasteiger partial charge in [-0.15, -0.1) is 11.3 Å². The van der Waals surface area contributed by atoms with Crippen molar-refractivity contribution in [3.05, 3.63) is 33.7 Å². The fraction of sp³-hybridized carbons (Fsp3) is 0.571. The number of nitrogens with one attached hydrogen (secondary N) is 1. The summed E-state index contributed by atoms with van der Waals surface area (Å²) in [6.07, 6.45) is 3.84. The van der Waals surface area contributed by atoms with E-state index in [-0.39, 0.29) is 18.0 Å². The standard InChI is InChI=1S/C21H29N5O2S/c1-14-7-15(2)11-24(10-14)6-4-5-22-20(27)12-26-21(28)18-9-19-17(8-16(3)29-19)25(18)13-23-26/h8-9,13-15H,4-7,10-12H2,1-3H3,(H,22,27)/t14-,15+. The quantitative estimate of drug-likeness (QED) is 0.628. The molecule has 156 valence electrons. The van der Waals surface area contributed by atoms with Crippen LogP contribution in [0.1, 0.15) is 31.6 Å². The molecule has 1 N–H and O–H groups in total. The second kappa shape index (κ2) is 8.28. The van der Waals surface area contributed by atoms with Gasteiger partial charge in [0.15, 0.2) is 0 Å². The van der Waals surface area contributed by atoms with Gasteiger partial charge in [-0.05, 0) is 50.3 Å². The highest BCUT2D eigenvalue weighted by molar-refractivity contribution is 7.19. The number of likely N-dealkylation sites (tertiary alicyclic amines) is 1. The predicted molar refractivity (Wildman–Crippen MR) is 117 cm³/mol. The van der Waals surface area contributed by atoms with Crippen LogP contribution in [0.2, 0.25) is 0 Å². The third-order valence-corrected chi connectivity index (χ3v) is 6.61. The van der Waals surface area contributed by atoms with Crippen LogP contribution in [0, 0.1) is 18.8 Å². The molecule has 8 heteroatoms. The van der Waals surface area contributed by atoms with Gasteiger partial charge in [-0.1, -0.05) is 13.8 Å². The zero-order valence-electron chi connectivity index (χ0n) is 17.4. The van der Waals surface area contributed by atoms with Crippen molar-refractivity contribution in [1.29, 1.82) is 0 Å². The molecule has 1 aliphatic heterocycles. The number of fused-ring (bicyclic) bond motifs is 3. The Morgan fingerprint density at radius 2 is 2.00 bits per heavy atom. The monoisotopic (exact) mass is 415 g/mol. The first kappa shape index (κ1) is 20.1. The van der Waals surface area contributed by atoms with E-state index in [1.54, 1.807) is 22.1 Å². The molecule has 2 atom stereocenters. The fourth-order valence-electron chi connectivity index (χ4n) is 4.53. The Kier molecular flexibility index (Phi) is 5.74. The lowest BCUT2D eigenvalue weighted by Gasteiger charge is -2.34. The minimum Gasteiger partial charge on any atom is -0.354 e. The minimum absolute atomic E-state index is 0.0506. The maximum Gasteiger partial charge on any atom is 0.291 e. The van der Waals surface area contributed by atoms with E-state index in [0.717, 1.165) is 48.1 Å². The molecule has 0 aromatic carbocycles. The Balaban J connectivity index is 1.32. The van der Waals surface area contributed by atoms with E-state index in [2.05, 4.69) is 35.2 Å². The molecule has 0 bridgehead atoms. The van der Waals surface area contributed by atoms with Gasteiger partial charge in [-0.25, -0.2) is 4.68 Å². The van der Waals surface area contributed by atoms with Crippen LogP contribution in [0.5, 0.6) is 0 Å². The van der Waals surface area contributed by atoms with Crippen LogP contribution >= 0.6 is 11.3 Å². The number of hydrogen-bond acceptors (Lipinski definition) is 5. The molecule has 1 saturated heterocycles. The summed E-state index contributed by atoms with van der Waals surface area (Å²) < 4.78 is 4.11. The molecule has 1 aliphatic rings. The number of aromatic nitrogens is 3. The molecule has 4 heterocycles. The van der Waals surface area contributed by atoms with Gasteiger partial charge in [-0.3, -0.25) is 14.0 Å². The zero-order valence-corrected chi connectivity index (χ0v) is 18.2. The average molecular weight is 416 g/mol. The summed E-state index contributed by atoms with van der Waals surface area (Å²) in [6.45, 7) is 10.5. The van der Waals surface area contributed by atoms with Crippen molar-refractivity contribution in [2.75, 3.05) is 26.2 Å². The van der Waals surface area contributed by atoms with Gasteiger partial charge in [0.05, 0.1) is 10.2 Å².